The van der Waals surface area contributed by atoms with Crippen LogP contribution in [0.25, 0.3) is 0 Å². The van der Waals surface area contributed by atoms with Crippen LogP contribution in [0, 0.1) is 5.82 Å². The zero-order chi connectivity index (χ0) is 14.4. The lowest BCUT2D eigenvalue weighted by molar-refractivity contribution is 0.126. The minimum atomic E-state index is -0.403. The molecule has 1 aliphatic rings. The van der Waals surface area contributed by atoms with Crippen molar-refractivity contribution in [2.45, 2.75) is 6.61 Å². The number of hydrogen-bond acceptors (Lipinski definition) is 4. The van der Waals surface area contributed by atoms with E-state index in [1.165, 1.54) is 6.07 Å². The lowest BCUT2D eigenvalue weighted by atomic mass is 10.2. The fourth-order valence-corrected chi connectivity index (χ4v) is 3.06. The number of nitrogens with two attached hydrogens (primary N) is 1. The molecule has 110 valence electrons. The van der Waals surface area contributed by atoms with Gasteiger partial charge in [0, 0.05) is 30.2 Å². The van der Waals surface area contributed by atoms with Crippen molar-refractivity contribution in [1.29, 1.82) is 0 Å². The summed E-state index contributed by atoms with van der Waals surface area (Å²) in [6.07, 6.45) is 0. The molecule has 0 unspecified atom stereocenters. The summed E-state index contributed by atoms with van der Waals surface area (Å²) in [5.74, 6) is 2.21. The highest BCUT2D eigenvalue weighted by Crippen LogP contribution is 2.19. The van der Waals surface area contributed by atoms with Crippen molar-refractivity contribution >= 4 is 29.2 Å². The van der Waals surface area contributed by atoms with Crippen LogP contribution in [0.5, 0.6) is 0 Å². The van der Waals surface area contributed by atoms with Gasteiger partial charge < -0.3 is 10.6 Å². The summed E-state index contributed by atoms with van der Waals surface area (Å²) in [5.41, 5.74) is 6.09. The van der Waals surface area contributed by atoms with Crippen molar-refractivity contribution in [1.82, 2.24) is 4.90 Å². The highest BCUT2D eigenvalue weighted by molar-refractivity contribution is 7.99. The maximum atomic E-state index is 13.5. The van der Waals surface area contributed by atoms with Crippen molar-refractivity contribution < 1.29 is 9.23 Å². The van der Waals surface area contributed by atoms with Crippen LogP contribution in [-0.4, -0.2) is 41.9 Å². The van der Waals surface area contributed by atoms with Gasteiger partial charge in [0.05, 0.1) is 11.6 Å². The highest BCUT2D eigenvalue weighted by atomic mass is 35.5. The molecule has 1 aromatic rings. The van der Waals surface area contributed by atoms with E-state index in [9.17, 15) is 4.39 Å². The van der Waals surface area contributed by atoms with Gasteiger partial charge in [0.2, 0.25) is 0 Å². The first-order valence-electron chi connectivity index (χ1n) is 6.34. The Morgan fingerprint density at radius 3 is 2.90 bits per heavy atom. The third kappa shape index (κ3) is 4.54. The normalized spacial score (nSPS) is 17.2. The molecule has 4 nitrogen and oxygen atoms in total. The molecule has 1 fully saturated rings. The topological polar surface area (TPSA) is 50.8 Å². The lowest BCUT2D eigenvalue weighted by Gasteiger charge is -2.25. The molecule has 0 bridgehead atoms. The van der Waals surface area contributed by atoms with E-state index in [-0.39, 0.29) is 6.61 Å². The first kappa shape index (κ1) is 15.4. The summed E-state index contributed by atoms with van der Waals surface area (Å²) in [6, 6.07) is 4.50. The van der Waals surface area contributed by atoms with Crippen molar-refractivity contribution in [3.05, 3.63) is 34.6 Å². The van der Waals surface area contributed by atoms with Gasteiger partial charge in [-0.15, -0.1) is 0 Å². The van der Waals surface area contributed by atoms with Crippen LogP contribution >= 0.6 is 23.4 Å². The molecule has 0 amide bonds. The van der Waals surface area contributed by atoms with Gasteiger partial charge in [-0.1, -0.05) is 22.8 Å². The van der Waals surface area contributed by atoms with Crippen molar-refractivity contribution in [3.63, 3.8) is 0 Å². The monoisotopic (exact) mass is 317 g/mol. The summed E-state index contributed by atoms with van der Waals surface area (Å²) in [6.45, 7) is 2.55. The van der Waals surface area contributed by atoms with Crippen LogP contribution in [0.4, 0.5) is 4.39 Å². The predicted octanol–water partition coefficient (Wildman–Crippen LogP) is 2.32. The third-order valence-corrected chi connectivity index (χ3v) is 4.24. The second kappa shape index (κ2) is 7.71. The number of amidine groups is 1. The molecule has 20 heavy (non-hydrogen) atoms. The number of halogens is 2. The largest absolute Gasteiger partial charge is 0.389 e. The van der Waals surface area contributed by atoms with E-state index in [2.05, 4.69) is 10.1 Å². The van der Waals surface area contributed by atoms with E-state index >= 15 is 0 Å². The summed E-state index contributed by atoms with van der Waals surface area (Å²) >= 11 is 7.82. The molecule has 1 aromatic carbocycles. The van der Waals surface area contributed by atoms with Gasteiger partial charge in [-0.3, -0.25) is 4.90 Å². The molecule has 1 aliphatic heterocycles. The zero-order valence-corrected chi connectivity index (χ0v) is 12.6. The first-order chi connectivity index (χ1) is 9.66. The molecule has 7 heteroatoms. The Kier molecular flexibility index (Phi) is 5.94. The van der Waals surface area contributed by atoms with Crippen molar-refractivity contribution in [2.75, 3.05) is 31.1 Å². The lowest BCUT2D eigenvalue weighted by Crippen LogP contribution is -2.39. The Labute approximate surface area is 127 Å². The van der Waals surface area contributed by atoms with Gasteiger partial charge in [0.1, 0.15) is 12.4 Å². The Balaban J connectivity index is 1.83. The van der Waals surface area contributed by atoms with Gasteiger partial charge in [0.15, 0.2) is 5.84 Å². The van der Waals surface area contributed by atoms with Gasteiger partial charge >= 0.3 is 0 Å². The van der Waals surface area contributed by atoms with E-state index < -0.39 is 5.82 Å². The average Bonchev–Trinajstić information content (AvgIpc) is 2.43. The van der Waals surface area contributed by atoms with Crippen LogP contribution < -0.4 is 5.73 Å². The molecular weight excluding hydrogens is 301 g/mol. The van der Waals surface area contributed by atoms with Gasteiger partial charge in [0.25, 0.3) is 0 Å². The predicted molar refractivity (Wildman–Crippen MR) is 81.6 cm³/mol. The van der Waals surface area contributed by atoms with Crippen LogP contribution in [0.2, 0.25) is 5.02 Å². The molecule has 0 spiro atoms. The van der Waals surface area contributed by atoms with E-state index in [4.69, 9.17) is 22.2 Å². The molecule has 0 aromatic heterocycles. The van der Waals surface area contributed by atoms with Gasteiger partial charge in [-0.2, -0.15) is 11.8 Å². The second-order valence-corrected chi connectivity index (χ2v) is 6.08. The first-order valence-corrected chi connectivity index (χ1v) is 7.87. The summed E-state index contributed by atoms with van der Waals surface area (Å²) < 4.78 is 13.5. The highest BCUT2D eigenvalue weighted by Gasteiger charge is 2.12. The number of hydrogen-bond donors (Lipinski definition) is 1. The number of thioether (sulfide) groups is 1. The van der Waals surface area contributed by atoms with E-state index in [0.29, 0.717) is 23.0 Å². The van der Waals surface area contributed by atoms with Crippen LogP contribution in [0.3, 0.4) is 0 Å². The number of benzene rings is 1. The third-order valence-electron chi connectivity index (χ3n) is 2.94. The Bertz CT molecular complexity index is 460. The Morgan fingerprint density at radius 2 is 2.20 bits per heavy atom. The summed E-state index contributed by atoms with van der Waals surface area (Å²) in [4.78, 5) is 7.31. The fourth-order valence-electron chi connectivity index (χ4n) is 1.87. The smallest absolute Gasteiger partial charge is 0.153 e. The minimum Gasteiger partial charge on any atom is -0.389 e. The van der Waals surface area contributed by atoms with Crippen LogP contribution in [0.15, 0.2) is 23.4 Å². The quantitative estimate of drug-likeness (QED) is 0.514. The number of oxime groups is 1. The molecule has 1 saturated heterocycles. The van der Waals surface area contributed by atoms with Crippen LogP contribution in [0.1, 0.15) is 5.56 Å². The maximum absolute atomic E-state index is 13.5. The molecule has 2 N–H and O–H groups in total. The van der Waals surface area contributed by atoms with Crippen molar-refractivity contribution in [2.24, 2.45) is 10.9 Å². The van der Waals surface area contributed by atoms with Gasteiger partial charge in [-0.05, 0) is 12.1 Å². The Hall–Kier alpha value is -0.980. The van der Waals surface area contributed by atoms with Crippen molar-refractivity contribution in [3.8, 4) is 0 Å². The van der Waals surface area contributed by atoms with Crippen LogP contribution in [-0.2, 0) is 11.4 Å². The standard InChI is InChI=1S/C13H17ClFN3OS/c14-11-2-1-3-12(15)10(11)9-19-17-13(16)8-18-4-6-20-7-5-18/h1-3H,4-9H2,(H2,16,17). The number of rotatable bonds is 5. The molecule has 0 atom stereocenters. The molecular formula is C13H17ClFN3OS. The minimum absolute atomic E-state index is 0.0257. The molecule has 1 heterocycles. The van der Waals surface area contributed by atoms with E-state index in [1.54, 1.807) is 12.1 Å². The Morgan fingerprint density at radius 1 is 1.45 bits per heavy atom. The average molecular weight is 318 g/mol. The molecule has 0 saturated carbocycles. The molecule has 0 aliphatic carbocycles. The SMILES string of the molecule is NC(CN1CCSCC1)=NOCc1c(F)cccc1Cl. The fraction of sp³-hybridized carbons (Fsp3) is 0.462. The van der Waals surface area contributed by atoms with Gasteiger partial charge in [-0.25, -0.2) is 4.39 Å². The van der Waals surface area contributed by atoms with E-state index in [0.717, 1.165) is 24.6 Å². The van der Waals surface area contributed by atoms with E-state index in [1.807, 2.05) is 11.8 Å². The second-order valence-electron chi connectivity index (χ2n) is 4.44. The zero-order valence-electron chi connectivity index (χ0n) is 11.0. The molecule has 0 radical (unpaired) electrons. The summed E-state index contributed by atoms with van der Waals surface area (Å²) in [7, 11) is 0. The number of nitrogens with zero attached hydrogens (tertiary/aromatic N) is 2. The summed E-state index contributed by atoms with van der Waals surface area (Å²) in [5, 5.41) is 4.14. The molecule has 2 rings (SSSR count). The maximum Gasteiger partial charge on any atom is 0.153 e.